The zero-order chi connectivity index (χ0) is 9.26. The van der Waals surface area contributed by atoms with E-state index in [2.05, 4.69) is 5.32 Å². The number of benzene rings is 1. The maximum absolute atomic E-state index is 11.3. The predicted octanol–water partition coefficient (Wildman–Crippen LogP) is 1.38. The van der Waals surface area contributed by atoms with E-state index in [0.717, 1.165) is 17.5 Å². The molecule has 0 aliphatic heterocycles. The van der Waals surface area contributed by atoms with Crippen LogP contribution in [-0.2, 0) is 11.2 Å². The summed E-state index contributed by atoms with van der Waals surface area (Å²) in [6.45, 7) is 0. The molecule has 0 saturated carbocycles. The number of amides is 1. The SMILES string of the molecule is O=CNc1ccc2c(c1)C(=O)CC2. The lowest BCUT2D eigenvalue weighted by Crippen LogP contribution is -1.97. The lowest BCUT2D eigenvalue weighted by Gasteiger charge is -2.01. The van der Waals surface area contributed by atoms with Crippen molar-refractivity contribution in [3.63, 3.8) is 0 Å². The van der Waals surface area contributed by atoms with Gasteiger partial charge in [-0.2, -0.15) is 0 Å². The Morgan fingerprint density at radius 2 is 2.15 bits per heavy atom. The Morgan fingerprint density at radius 3 is 2.92 bits per heavy atom. The van der Waals surface area contributed by atoms with Crippen molar-refractivity contribution < 1.29 is 9.59 Å². The number of carbonyl (C=O) groups excluding carboxylic acids is 2. The second-order valence-electron chi connectivity index (χ2n) is 3.06. The Bertz CT molecular complexity index is 371. The Labute approximate surface area is 75.8 Å². The summed E-state index contributed by atoms with van der Waals surface area (Å²) >= 11 is 0. The van der Waals surface area contributed by atoms with Crippen molar-refractivity contribution in [3.8, 4) is 0 Å². The average molecular weight is 175 g/mol. The third kappa shape index (κ3) is 1.33. The molecule has 0 bridgehead atoms. The van der Waals surface area contributed by atoms with E-state index in [9.17, 15) is 9.59 Å². The minimum Gasteiger partial charge on any atom is -0.329 e. The Hall–Kier alpha value is -1.64. The van der Waals surface area contributed by atoms with E-state index < -0.39 is 0 Å². The summed E-state index contributed by atoms with van der Waals surface area (Å²) in [5.41, 5.74) is 2.53. The number of rotatable bonds is 2. The highest BCUT2D eigenvalue weighted by atomic mass is 16.1. The van der Waals surface area contributed by atoms with E-state index >= 15 is 0 Å². The van der Waals surface area contributed by atoms with Gasteiger partial charge in [0.2, 0.25) is 6.41 Å². The molecule has 0 spiro atoms. The largest absolute Gasteiger partial charge is 0.329 e. The van der Waals surface area contributed by atoms with Crippen LogP contribution in [0.15, 0.2) is 18.2 Å². The lowest BCUT2D eigenvalue weighted by molar-refractivity contribution is -0.105. The van der Waals surface area contributed by atoms with Gasteiger partial charge >= 0.3 is 0 Å². The molecular formula is C10H9NO2. The third-order valence-electron chi connectivity index (χ3n) is 2.26. The molecule has 1 amide bonds. The number of hydrogen-bond acceptors (Lipinski definition) is 2. The second kappa shape index (κ2) is 3.01. The molecule has 1 aromatic carbocycles. The van der Waals surface area contributed by atoms with E-state index in [0.29, 0.717) is 18.5 Å². The summed E-state index contributed by atoms with van der Waals surface area (Å²) in [5.74, 6) is 0.171. The quantitative estimate of drug-likeness (QED) is 0.690. The molecule has 13 heavy (non-hydrogen) atoms. The van der Waals surface area contributed by atoms with Crippen LogP contribution in [0.1, 0.15) is 22.3 Å². The second-order valence-corrected chi connectivity index (χ2v) is 3.06. The maximum atomic E-state index is 11.3. The summed E-state index contributed by atoms with van der Waals surface area (Å²) in [4.78, 5) is 21.5. The average Bonchev–Trinajstić information content (AvgIpc) is 2.49. The highest BCUT2D eigenvalue weighted by Gasteiger charge is 2.18. The van der Waals surface area contributed by atoms with Gasteiger partial charge in [-0.05, 0) is 24.1 Å². The molecule has 0 unspecified atom stereocenters. The van der Waals surface area contributed by atoms with Crippen LogP contribution in [0.3, 0.4) is 0 Å². The number of hydrogen-bond donors (Lipinski definition) is 1. The van der Waals surface area contributed by atoms with Crippen molar-refractivity contribution in [2.24, 2.45) is 0 Å². The van der Waals surface area contributed by atoms with Crippen molar-refractivity contribution in [2.75, 3.05) is 5.32 Å². The van der Waals surface area contributed by atoms with E-state index in [4.69, 9.17) is 0 Å². The van der Waals surface area contributed by atoms with Crippen LogP contribution in [0.2, 0.25) is 0 Å². The summed E-state index contributed by atoms with van der Waals surface area (Å²) in [6, 6.07) is 5.44. The first-order valence-corrected chi connectivity index (χ1v) is 4.17. The molecule has 0 aromatic heterocycles. The fourth-order valence-electron chi connectivity index (χ4n) is 1.59. The van der Waals surface area contributed by atoms with Gasteiger partial charge in [-0.25, -0.2) is 0 Å². The molecule has 0 heterocycles. The van der Waals surface area contributed by atoms with Gasteiger partial charge in [-0.1, -0.05) is 6.07 Å². The fourth-order valence-corrected chi connectivity index (χ4v) is 1.59. The zero-order valence-corrected chi connectivity index (χ0v) is 7.04. The number of ketones is 1. The number of aryl methyl sites for hydroxylation is 1. The van der Waals surface area contributed by atoms with E-state index in [1.807, 2.05) is 12.1 Å². The van der Waals surface area contributed by atoms with Crippen LogP contribution < -0.4 is 5.32 Å². The molecule has 1 aromatic rings. The van der Waals surface area contributed by atoms with Crippen LogP contribution >= 0.6 is 0 Å². The third-order valence-corrected chi connectivity index (χ3v) is 2.26. The topological polar surface area (TPSA) is 46.2 Å². The summed E-state index contributed by atoms with van der Waals surface area (Å²) in [7, 11) is 0. The first kappa shape index (κ1) is 7.98. The van der Waals surface area contributed by atoms with Crippen molar-refractivity contribution in [2.45, 2.75) is 12.8 Å². The monoisotopic (exact) mass is 175 g/mol. The minimum atomic E-state index is 0.171. The first-order valence-electron chi connectivity index (χ1n) is 4.17. The van der Waals surface area contributed by atoms with Gasteiger partial charge in [-0.3, -0.25) is 9.59 Å². The Balaban J connectivity index is 2.41. The minimum absolute atomic E-state index is 0.171. The number of fused-ring (bicyclic) bond motifs is 1. The molecule has 3 heteroatoms. The van der Waals surface area contributed by atoms with E-state index in [-0.39, 0.29) is 5.78 Å². The summed E-state index contributed by atoms with van der Waals surface area (Å²) in [6.07, 6.45) is 2.04. The fraction of sp³-hybridized carbons (Fsp3) is 0.200. The molecule has 2 rings (SSSR count). The molecular weight excluding hydrogens is 166 g/mol. The van der Waals surface area contributed by atoms with Gasteiger partial charge in [0.1, 0.15) is 0 Å². The van der Waals surface area contributed by atoms with Gasteiger partial charge < -0.3 is 5.32 Å². The molecule has 66 valence electrons. The summed E-state index contributed by atoms with van der Waals surface area (Å²) < 4.78 is 0. The molecule has 0 atom stereocenters. The molecule has 1 aliphatic carbocycles. The molecule has 3 nitrogen and oxygen atoms in total. The van der Waals surface area contributed by atoms with Crippen LogP contribution in [0.4, 0.5) is 5.69 Å². The lowest BCUT2D eigenvalue weighted by atomic mass is 10.1. The van der Waals surface area contributed by atoms with Gasteiger partial charge in [-0.15, -0.1) is 0 Å². The highest BCUT2D eigenvalue weighted by Crippen LogP contribution is 2.24. The van der Waals surface area contributed by atoms with Gasteiger partial charge in [0.25, 0.3) is 0 Å². The summed E-state index contributed by atoms with van der Waals surface area (Å²) in [5, 5.41) is 2.52. The van der Waals surface area contributed by atoms with Crippen molar-refractivity contribution in [1.82, 2.24) is 0 Å². The maximum Gasteiger partial charge on any atom is 0.211 e. The number of nitrogens with one attached hydrogen (secondary N) is 1. The van der Waals surface area contributed by atoms with Gasteiger partial charge in [0, 0.05) is 17.7 Å². The van der Waals surface area contributed by atoms with Crippen LogP contribution in [0.5, 0.6) is 0 Å². The number of Topliss-reactive ketones (excluding diaryl/α,β-unsaturated/α-hetero) is 1. The van der Waals surface area contributed by atoms with E-state index in [1.54, 1.807) is 6.07 Å². The van der Waals surface area contributed by atoms with Crippen molar-refractivity contribution in [1.29, 1.82) is 0 Å². The van der Waals surface area contributed by atoms with Gasteiger partial charge in [0.05, 0.1) is 0 Å². The Kier molecular flexibility index (Phi) is 1.85. The van der Waals surface area contributed by atoms with Crippen molar-refractivity contribution in [3.05, 3.63) is 29.3 Å². The predicted molar refractivity (Wildman–Crippen MR) is 48.8 cm³/mol. The highest BCUT2D eigenvalue weighted by molar-refractivity contribution is 6.01. The number of anilines is 1. The normalized spacial score (nSPS) is 14.0. The zero-order valence-electron chi connectivity index (χ0n) is 7.04. The van der Waals surface area contributed by atoms with Crippen LogP contribution in [-0.4, -0.2) is 12.2 Å². The number of carbonyl (C=O) groups is 2. The van der Waals surface area contributed by atoms with E-state index in [1.165, 1.54) is 0 Å². The molecule has 1 N–H and O–H groups in total. The first-order chi connectivity index (χ1) is 6.31. The molecule has 0 saturated heterocycles. The standard InChI is InChI=1S/C10H9NO2/c12-6-11-8-3-1-7-2-4-10(13)9(7)5-8/h1,3,5-6H,2,4H2,(H,11,12). The molecule has 0 radical (unpaired) electrons. The smallest absolute Gasteiger partial charge is 0.211 e. The Morgan fingerprint density at radius 1 is 1.31 bits per heavy atom. The molecule has 0 fully saturated rings. The van der Waals surface area contributed by atoms with Gasteiger partial charge in [0.15, 0.2) is 5.78 Å². The van der Waals surface area contributed by atoms with Crippen LogP contribution in [0, 0.1) is 0 Å². The van der Waals surface area contributed by atoms with Crippen molar-refractivity contribution >= 4 is 17.9 Å². The molecule has 1 aliphatic rings. The van der Waals surface area contributed by atoms with Crippen LogP contribution in [0.25, 0.3) is 0 Å².